The van der Waals surface area contributed by atoms with Crippen molar-refractivity contribution in [1.82, 2.24) is 15.1 Å². The van der Waals surface area contributed by atoms with Crippen LogP contribution in [0.15, 0.2) is 30.3 Å². The minimum atomic E-state index is -0.942. The first-order valence-electron chi connectivity index (χ1n) is 9.37. The van der Waals surface area contributed by atoms with Crippen LogP contribution in [0.2, 0.25) is 0 Å². The van der Waals surface area contributed by atoms with Gasteiger partial charge in [0.1, 0.15) is 0 Å². The Balaban J connectivity index is 1.93. The maximum atomic E-state index is 12.3. The first-order chi connectivity index (χ1) is 12.8. The molecule has 2 aromatic rings. The van der Waals surface area contributed by atoms with Crippen molar-refractivity contribution < 1.29 is 14.7 Å². The second-order valence-electron chi connectivity index (χ2n) is 7.33. The molecule has 0 aliphatic heterocycles. The Morgan fingerprint density at radius 1 is 1.19 bits per heavy atom. The highest BCUT2D eigenvalue weighted by atomic mass is 16.4. The van der Waals surface area contributed by atoms with Crippen LogP contribution in [-0.2, 0) is 22.6 Å². The van der Waals surface area contributed by atoms with E-state index in [0.29, 0.717) is 24.3 Å². The molecule has 0 aliphatic rings. The van der Waals surface area contributed by atoms with Gasteiger partial charge in [0.25, 0.3) is 0 Å². The van der Waals surface area contributed by atoms with Crippen LogP contribution in [-0.4, -0.2) is 33.3 Å². The topological polar surface area (TPSA) is 84.2 Å². The molecule has 6 heteroatoms. The van der Waals surface area contributed by atoms with Crippen molar-refractivity contribution >= 4 is 11.9 Å². The van der Waals surface area contributed by atoms with E-state index in [1.807, 2.05) is 24.6 Å². The van der Waals surface area contributed by atoms with Gasteiger partial charge in [0, 0.05) is 25.2 Å². The lowest BCUT2D eigenvalue weighted by molar-refractivity contribution is -0.138. The van der Waals surface area contributed by atoms with Crippen LogP contribution in [0.4, 0.5) is 0 Å². The highest BCUT2D eigenvalue weighted by molar-refractivity contribution is 5.80. The molecular weight excluding hydrogens is 342 g/mol. The number of hydrogen-bond donors (Lipinski definition) is 2. The summed E-state index contributed by atoms with van der Waals surface area (Å²) >= 11 is 0. The maximum absolute atomic E-state index is 12.3. The number of benzene rings is 1. The van der Waals surface area contributed by atoms with Gasteiger partial charge < -0.3 is 10.4 Å². The molecule has 0 unspecified atom stereocenters. The molecule has 146 valence electrons. The maximum Gasteiger partial charge on any atom is 0.312 e. The van der Waals surface area contributed by atoms with Crippen molar-refractivity contribution in [2.24, 2.45) is 5.92 Å². The van der Waals surface area contributed by atoms with Crippen molar-refractivity contribution in [3.8, 4) is 0 Å². The van der Waals surface area contributed by atoms with Crippen LogP contribution in [0.1, 0.15) is 48.7 Å². The zero-order valence-corrected chi connectivity index (χ0v) is 16.5. The minimum absolute atomic E-state index is 0.0861. The molecular formula is C21H29N3O3. The van der Waals surface area contributed by atoms with Crippen LogP contribution >= 0.6 is 0 Å². The van der Waals surface area contributed by atoms with Gasteiger partial charge in [0.2, 0.25) is 5.91 Å². The van der Waals surface area contributed by atoms with Gasteiger partial charge in [0.05, 0.1) is 11.6 Å². The highest BCUT2D eigenvalue weighted by Gasteiger charge is 2.20. The molecule has 27 heavy (non-hydrogen) atoms. The van der Waals surface area contributed by atoms with E-state index in [9.17, 15) is 14.7 Å². The Labute approximate surface area is 160 Å². The number of amides is 1. The van der Waals surface area contributed by atoms with E-state index in [1.54, 1.807) is 24.3 Å². The molecule has 0 radical (unpaired) electrons. The molecule has 0 fully saturated rings. The number of hydrogen-bond acceptors (Lipinski definition) is 3. The van der Waals surface area contributed by atoms with Crippen molar-refractivity contribution in [3.05, 3.63) is 52.8 Å². The molecule has 6 nitrogen and oxygen atoms in total. The Hall–Kier alpha value is -2.63. The van der Waals surface area contributed by atoms with Gasteiger partial charge in [-0.1, -0.05) is 44.2 Å². The zero-order valence-electron chi connectivity index (χ0n) is 16.5. The third kappa shape index (κ3) is 5.67. The fraction of sp³-hybridized carbons (Fsp3) is 0.476. The molecule has 0 saturated heterocycles. The normalized spacial score (nSPS) is 12.2. The van der Waals surface area contributed by atoms with Gasteiger partial charge in [-0.3, -0.25) is 14.3 Å². The lowest BCUT2D eigenvalue weighted by Crippen LogP contribution is -2.31. The lowest BCUT2D eigenvalue weighted by Gasteiger charge is -2.14. The Kier molecular flexibility index (Phi) is 7.16. The summed E-state index contributed by atoms with van der Waals surface area (Å²) in [5.41, 5.74) is 3.84. The number of rotatable bonds is 9. The third-order valence-electron chi connectivity index (χ3n) is 4.67. The fourth-order valence-corrected chi connectivity index (χ4v) is 3.20. The van der Waals surface area contributed by atoms with Gasteiger partial charge in [-0.05, 0) is 37.3 Å². The van der Waals surface area contributed by atoms with E-state index >= 15 is 0 Å². The SMILES string of the molecule is Cc1nn(CC(C)C)c(C)c1CCC(=O)NC[C@H](C(=O)O)c1ccccc1. The van der Waals surface area contributed by atoms with Gasteiger partial charge in [0.15, 0.2) is 0 Å². The van der Waals surface area contributed by atoms with Crippen LogP contribution in [0.3, 0.4) is 0 Å². The standard InChI is InChI=1S/C21H29N3O3/c1-14(2)13-24-16(4)18(15(3)23-24)10-11-20(25)22-12-19(21(26)27)17-8-6-5-7-9-17/h5-9,14,19H,10-13H2,1-4H3,(H,22,25)(H,26,27)/t19-/m0/s1. The van der Waals surface area contributed by atoms with Gasteiger partial charge in [-0.2, -0.15) is 5.10 Å². The minimum Gasteiger partial charge on any atom is -0.481 e. The number of carbonyl (C=O) groups excluding carboxylic acids is 1. The smallest absolute Gasteiger partial charge is 0.312 e. The van der Waals surface area contributed by atoms with E-state index in [0.717, 1.165) is 23.5 Å². The zero-order chi connectivity index (χ0) is 20.0. The Morgan fingerprint density at radius 2 is 1.85 bits per heavy atom. The average molecular weight is 371 g/mol. The molecule has 1 aromatic heterocycles. The van der Waals surface area contributed by atoms with Crippen LogP contribution < -0.4 is 5.32 Å². The monoisotopic (exact) mass is 371 g/mol. The second kappa shape index (κ2) is 9.35. The van der Waals surface area contributed by atoms with Gasteiger partial charge in [-0.15, -0.1) is 0 Å². The van der Waals surface area contributed by atoms with E-state index in [-0.39, 0.29) is 12.5 Å². The average Bonchev–Trinajstić information content (AvgIpc) is 2.86. The van der Waals surface area contributed by atoms with E-state index in [1.165, 1.54) is 0 Å². The first-order valence-corrected chi connectivity index (χ1v) is 9.37. The number of aryl methyl sites for hydroxylation is 1. The molecule has 1 aromatic carbocycles. The molecule has 0 aliphatic carbocycles. The van der Waals surface area contributed by atoms with Crippen molar-refractivity contribution in [3.63, 3.8) is 0 Å². The molecule has 2 N–H and O–H groups in total. The summed E-state index contributed by atoms with van der Waals surface area (Å²) in [6.07, 6.45) is 0.918. The number of carboxylic acids is 1. The lowest BCUT2D eigenvalue weighted by atomic mass is 9.99. The first kappa shape index (κ1) is 20.7. The van der Waals surface area contributed by atoms with Crippen molar-refractivity contribution in [1.29, 1.82) is 0 Å². The van der Waals surface area contributed by atoms with E-state index in [2.05, 4.69) is 24.3 Å². The molecule has 0 saturated carbocycles. The summed E-state index contributed by atoms with van der Waals surface area (Å²) in [5.74, 6) is -1.33. The predicted molar refractivity (Wildman–Crippen MR) is 105 cm³/mol. The number of nitrogens with zero attached hydrogens (tertiary/aromatic N) is 2. The number of nitrogens with one attached hydrogen (secondary N) is 1. The Morgan fingerprint density at radius 3 is 2.44 bits per heavy atom. The molecule has 1 atom stereocenters. The molecule has 1 heterocycles. The van der Waals surface area contributed by atoms with E-state index < -0.39 is 11.9 Å². The second-order valence-corrected chi connectivity index (χ2v) is 7.33. The van der Waals surface area contributed by atoms with Crippen molar-refractivity contribution in [2.75, 3.05) is 6.54 Å². The van der Waals surface area contributed by atoms with Gasteiger partial charge in [-0.25, -0.2) is 0 Å². The van der Waals surface area contributed by atoms with Crippen LogP contribution in [0.5, 0.6) is 0 Å². The molecule has 0 bridgehead atoms. The number of carboxylic acid groups (broad SMARTS) is 1. The third-order valence-corrected chi connectivity index (χ3v) is 4.67. The largest absolute Gasteiger partial charge is 0.481 e. The molecule has 2 rings (SSSR count). The molecule has 1 amide bonds. The number of aliphatic carboxylic acids is 1. The summed E-state index contributed by atoms with van der Waals surface area (Å²) in [4.78, 5) is 23.8. The van der Waals surface area contributed by atoms with Crippen LogP contribution in [0.25, 0.3) is 0 Å². The number of aromatic nitrogens is 2. The highest BCUT2D eigenvalue weighted by Crippen LogP contribution is 2.17. The predicted octanol–water partition coefficient (Wildman–Crippen LogP) is 3.07. The van der Waals surface area contributed by atoms with Gasteiger partial charge >= 0.3 is 5.97 Å². The van der Waals surface area contributed by atoms with Crippen molar-refractivity contribution in [2.45, 2.75) is 53.0 Å². The number of carbonyl (C=O) groups is 2. The molecule has 0 spiro atoms. The quantitative estimate of drug-likeness (QED) is 0.709. The summed E-state index contributed by atoms with van der Waals surface area (Å²) < 4.78 is 2.00. The fourth-order valence-electron chi connectivity index (χ4n) is 3.20. The summed E-state index contributed by atoms with van der Waals surface area (Å²) in [7, 11) is 0. The summed E-state index contributed by atoms with van der Waals surface area (Å²) in [6, 6.07) is 8.97. The van der Waals surface area contributed by atoms with Crippen LogP contribution in [0, 0.1) is 19.8 Å². The van der Waals surface area contributed by atoms with E-state index in [4.69, 9.17) is 0 Å². The Bertz CT molecular complexity index is 781. The summed E-state index contributed by atoms with van der Waals surface area (Å²) in [6.45, 7) is 9.24. The summed E-state index contributed by atoms with van der Waals surface area (Å²) in [5, 5.41) is 16.8.